The molecule has 1 heterocycles. The Hall–Kier alpha value is -0.0800. The molecule has 0 aliphatic carbocycles. The second-order valence-corrected chi connectivity index (χ2v) is 7.31. The fraction of sp³-hybridized carbons (Fsp3) is 1.00. The normalized spacial score (nSPS) is 32.5. The van der Waals surface area contributed by atoms with Crippen molar-refractivity contribution < 1.29 is 0 Å². The molecule has 2 heteroatoms. The van der Waals surface area contributed by atoms with Gasteiger partial charge in [-0.3, -0.25) is 4.90 Å². The van der Waals surface area contributed by atoms with Gasteiger partial charge in [-0.1, -0.05) is 41.5 Å². The second-order valence-electron chi connectivity index (χ2n) is 7.31. The molecule has 1 fully saturated rings. The van der Waals surface area contributed by atoms with Crippen LogP contribution in [-0.2, 0) is 0 Å². The molecule has 1 rings (SSSR count). The molecule has 0 amide bonds. The van der Waals surface area contributed by atoms with Crippen LogP contribution in [0.5, 0.6) is 0 Å². The van der Waals surface area contributed by atoms with E-state index in [1.807, 2.05) is 0 Å². The molecule has 0 radical (unpaired) electrons. The average Bonchev–Trinajstić information content (AvgIpc) is 2.27. The number of rotatable bonds is 4. The van der Waals surface area contributed by atoms with Crippen LogP contribution < -0.4 is 5.32 Å². The third-order valence-electron chi connectivity index (χ3n) is 5.15. The summed E-state index contributed by atoms with van der Waals surface area (Å²) in [7, 11) is 0. The first kappa shape index (κ1) is 16.0. The van der Waals surface area contributed by atoms with E-state index in [1.54, 1.807) is 0 Å². The number of likely N-dealkylation sites (tertiary alicyclic amines) is 1. The first-order chi connectivity index (χ1) is 8.27. The molecule has 4 unspecified atom stereocenters. The lowest BCUT2D eigenvalue weighted by molar-refractivity contribution is 0.0536. The number of hydrogen-bond acceptors (Lipinski definition) is 2. The van der Waals surface area contributed by atoms with E-state index in [2.05, 4.69) is 58.7 Å². The van der Waals surface area contributed by atoms with Crippen molar-refractivity contribution in [3.63, 3.8) is 0 Å². The minimum atomic E-state index is 0.418. The van der Waals surface area contributed by atoms with Gasteiger partial charge in [0.2, 0.25) is 0 Å². The van der Waals surface area contributed by atoms with Gasteiger partial charge in [0, 0.05) is 18.6 Å². The fourth-order valence-electron chi connectivity index (χ4n) is 2.87. The molecule has 0 aromatic heterocycles. The number of nitrogens with zero attached hydrogens (tertiary/aromatic N) is 1. The average molecular weight is 254 g/mol. The van der Waals surface area contributed by atoms with Crippen molar-refractivity contribution >= 4 is 0 Å². The summed E-state index contributed by atoms with van der Waals surface area (Å²) >= 11 is 0. The zero-order chi connectivity index (χ0) is 13.9. The first-order valence-electron chi connectivity index (χ1n) is 7.74. The van der Waals surface area contributed by atoms with Crippen LogP contribution in [0, 0.1) is 17.3 Å². The van der Waals surface area contributed by atoms with Gasteiger partial charge in [-0.25, -0.2) is 0 Å². The molecular weight excluding hydrogens is 220 g/mol. The molecule has 0 spiro atoms. The van der Waals surface area contributed by atoms with Gasteiger partial charge in [-0.2, -0.15) is 0 Å². The van der Waals surface area contributed by atoms with Crippen LogP contribution in [0.3, 0.4) is 0 Å². The Morgan fingerprint density at radius 2 is 1.89 bits per heavy atom. The van der Waals surface area contributed by atoms with Crippen molar-refractivity contribution in [3.05, 3.63) is 0 Å². The van der Waals surface area contributed by atoms with Gasteiger partial charge in [-0.05, 0) is 43.7 Å². The van der Waals surface area contributed by atoms with Crippen molar-refractivity contribution in [2.45, 2.75) is 67.0 Å². The molecule has 18 heavy (non-hydrogen) atoms. The quantitative estimate of drug-likeness (QED) is 0.827. The van der Waals surface area contributed by atoms with Crippen LogP contribution in [-0.4, -0.2) is 36.6 Å². The van der Waals surface area contributed by atoms with Gasteiger partial charge in [0.1, 0.15) is 0 Å². The van der Waals surface area contributed by atoms with Crippen LogP contribution in [0.15, 0.2) is 0 Å². The van der Waals surface area contributed by atoms with E-state index in [4.69, 9.17) is 0 Å². The second kappa shape index (κ2) is 6.38. The van der Waals surface area contributed by atoms with Crippen LogP contribution in [0.1, 0.15) is 54.9 Å². The Labute approximate surface area is 115 Å². The summed E-state index contributed by atoms with van der Waals surface area (Å²) in [5, 5.41) is 3.64. The zero-order valence-electron chi connectivity index (χ0n) is 13.6. The van der Waals surface area contributed by atoms with E-state index < -0.39 is 0 Å². The molecule has 0 aromatic carbocycles. The SMILES string of the molecule is CCNC1CCN(CC(C)C(C)(C)C)C(C)C1C. The highest BCUT2D eigenvalue weighted by molar-refractivity contribution is 4.89. The highest BCUT2D eigenvalue weighted by atomic mass is 15.2. The van der Waals surface area contributed by atoms with Gasteiger partial charge in [-0.15, -0.1) is 0 Å². The van der Waals surface area contributed by atoms with E-state index in [9.17, 15) is 0 Å². The largest absolute Gasteiger partial charge is 0.314 e. The fourth-order valence-corrected chi connectivity index (χ4v) is 2.87. The third kappa shape index (κ3) is 3.96. The minimum Gasteiger partial charge on any atom is -0.314 e. The molecule has 2 nitrogen and oxygen atoms in total. The molecule has 0 aromatic rings. The Morgan fingerprint density at radius 1 is 1.28 bits per heavy atom. The summed E-state index contributed by atoms with van der Waals surface area (Å²) in [6.07, 6.45) is 1.30. The molecule has 108 valence electrons. The number of nitrogens with one attached hydrogen (secondary N) is 1. The van der Waals surface area contributed by atoms with Gasteiger partial charge in [0.15, 0.2) is 0 Å². The maximum Gasteiger partial charge on any atom is 0.0120 e. The highest BCUT2D eigenvalue weighted by Crippen LogP contribution is 2.30. The van der Waals surface area contributed by atoms with E-state index in [-0.39, 0.29) is 0 Å². The molecule has 4 atom stereocenters. The van der Waals surface area contributed by atoms with Gasteiger partial charge >= 0.3 is 0 Å². The van der Waals surface area contributed by atoms with Gasteiger partial charge in [0.25, 0.3) is 0 Å². The lowest BCUT2D eigenvalue weighted by Crippen LogP contribution is -2.54. The summed E-state index contributed by atoms with van der Waals surface area (Å²) in [6, 6.07) is 1.42. The Bertz CT molecular complexity index is 244. The summed E-state index contributed by atoms with van der Waals surface area (Å²) in [6.45, 7) is 20.1. The predicted molar refractivity (Wildman–Crippen MR) is 80.9 cm³/mol. The van der Waals surface area contributed by atoms with E-state index in [1.165, 1.54) is 19.5 Å². The predicted octanol–water partition coefficient (Wildman–Crippen LogP) is 3.38. The van der Waals surface area contributed by atoms with Crippen LogP contribution in [0.4, 0.5) is 0 Å². The maximum absolute atomic E-state index is 3.64. The van der Waals surface area contributed by atoms with Crippen LogP contribution >= 0.6 is 0 Å². The molecular formula is C16H34N2. The van der Waals surface area contributed by atoms with Crippen molar-refractivity contribution in [2.75, 3.05) is 19.6 Å². The van der Waals surface area contributed by atoms with E-state index in [0.29, 0.717) is 17.5 Å². The lowest BCUT2D eigenvalue weighted by atomic mass is 9.80. The third-order valence-corrected chi connectivity index (χ3v) is 5.15. The molecule has 1 saturated heterocycles. The van der Waals surface area contributed by atoms with Crippen molar-refractivity contribution in [2.24, 2.45) is 17.3 Å². The standard InChI is InChI=1S/C16H34N2/c1-8-17-15-9-10-18(14(4)13(15)3)11-12(2)16(5,6)7/h12-15,17H,8-11H2,1-7H3. The first-order valence-corrected chi connectivity index (χ1v) is 7.74. The topological polar surface area (TPSA) is 15.3 Å². The molecule has 1 aliphatic rings. The molecule has 0 bridgehead atoms. The van der Waals surface area contributed by atoms with Crippen molar-refractivity contribution in [1.29, 1.82) is 0 Å². The smallest absolute Gasteiger partial charge is 0.0120 e. The molecule has 0 saturated carbocycles. The maximum atomic E-state index is 3.64. The zero-order valence-corrected chi connectivity index (χ0v) is 13.6. The lowest BCUT2D eigenvalue weighted by Gasteiger charge is -2.45. The van der Waals surface area contributed by atoms with Crippen LogP contribution in [0.25, 0.3) is 0 Å². The molecule has 1 N–H and O–H groups in total. The van der Waals surface area contributed by atoms with Gasteiger partial charge < -0.3 is 5.32 Å². The Kier molecular flexibility index (Phi) is 5.67. The summed E-state index contributed by atoms with van der Waals surface area (Å²) < 4.78 is 0. The highest BCUT2D eigenvalue weighted by Gasteiger charge is 2.33. The summed E-state index contributed by atoms with van der Waals surface area (Å²) in [5.41, 5.74) is 0.418. The van der Waals surface area contributed by atoms with Gasteiger partial charge in [0.05, 0.1) is 0 Å². The number of hydrogen-bond donors (Lipinski definition) is 1. The number of piperidine rings is 1. The van der Waals surface area contributed by atoms with Crippen molar-refractivity contribution in [3.8, 4) is 0 Å². The van der Waals surface area contributed by atoms with Crippen molar-refractivity contribution in [1.82, 2.24) is 10.2 Å². The summed E-state index contributed by atoms with van der Waals surface area (Å²) in [5.74, 6) is 1.51. The minimum absolute atomic E-state index is 0.418. The Morgan fingerprint density at radius 3 is 2.39 bits per heavy atom. The molecule has 1 aliphatic heterocycles. The Balaban J connectivity index is 2.55. The summed E-state index contributed by atoms with van der Waals surface area (Å²) in [4.78, 5) is 2.70. The van der Waals surface area contributed by atoms with E-state index >= 15 is 0 Å². The monoisotopic (exact) mass is 254 g/mol. The van der Waals surface area contributed by atoms with Crippen LogP contribution in [0.2, 0.25) is 0 Å². The van der Waals surface area contributed by atoms with E-state index in [0.717, 1.165) is 18.4 Å².